The van der Waals surface area contributed by atoms with Crippen LogP contribution in [0.2, 0.25) is 0 Å². The molecule has 1 fully saturated rings. The van der Waals surface area contributed by atoms with Crippen molar-refractivity contribution in [1.82, 2.24) is 20.1 Å². The number of hydrogen-bond acceptors (Lipinski definition) is 5. The SMILES string of the molecule is CNC(=O)c1cc(NCC2CN(C)CCN2C)ccn1. The van der Waals surface area contributed by atoms with Crippen molar-refractivity contribution in [2.24, 2.45) is 0 Å². The van der Waals surface area contributed by atoms with Gasteiger partial charge in [-0.1, -0.05) is 0 Å². The summed E-state index contributed by atoms with van der Waals surface area (Å²) in [5.74, 6) is -0.164. The molecule has 110 valence electrons. The average Bonchev–Trinajstić information content (AvgIpc) is 2.47. The second kappa shape index (κ2) is 6.67. The molecule has 1 atom stereocenters. The Bertz CT molecular complexity index is 465. The van der Waals surface area contributed by atoms with Crippen molar-refractivity contribution in [2.45, 2.75) is 6.04 Å². The van der Waals surface area contributed by atoms with Crippen LogP contribution in [0.1, 0.15) is 10.5 Å². The normalized spacial score (nSPS) is 20.6. The zero-order valence-corrected chi connectivity index (χ0v) is 12.4. The van der Waals surface area contributed by atoms with Gasteiger partial charge in [-0.15, -0.1) is 0 Å². The summed E-state index contributed by atoms with van der Waals surface area (Å²) < 4.78 is 0. The number of aromatic nitrogens is 1. The van der Waals surface area contributed by atoms with Crippen molar-refractivity contribution in [2.75, 3.05) is 52.6 Å². The van der Waals surface area contributed by atoms with E-state index in [1.807, 2.05) is 6.07 Å². The summed E-state index contributed by atoms with van der Waals surface area (Å²) in [4.78, 5) is 20.3. The molecule has 0 bridgehead atoms. The molecule has 0 saturated carbocycles. The van der Waals surface area contributed by atoms with Crippen LogP contribution in [-0.2, 0) is 0 Å². The minimum Gasteiger partial charge on any atom is -0.383 e. The number of anilines is 1. The number of amides is 1. The van der Waals surface area contributed by atoms with E-state index < -0.39 is 0 Å². The second-order valence-electron chi connectivity index (χ2n) is 5.29. The van der Waals surface area contributed by atoms with Gasteiger partial charge in [-0.25, -0.2) is 0 Å². The van der Waals surface area contributed by atoms with Crippen LogP contribution in [0.3, 0.4) is 0 Å². The molecule has 1 aromatic rings. The molecule has 1 amide bonds. The summed E-state index contributed by atoms with van der Waals surface area (Å²) in [6.07, 6.45) is 1.66. The van der Waals surface area contributed by atoms with Crippen molar-refractivity contribution in [3.05, 3.63) is 24.0 Å². The molecule has 0 spiro atoms. The molecule has 6 heteroatoms. The molecule has 20 heavy (non-hydrogen) atoms. The lowest BCUT2D eigenvalue weighted by molar-refractivity contribution is 0.0958. The van der Waals surface area contributed by atoms with Gasteiger partial charge in [0.25, 0.3) is 5.91 Å². The number of nitrogens with zero attached hydrogens (tertiary/aromatic N) is 3. The monoisotopic (exact) mass is 277 g/mol. The Kier molecular flexibility index (Phi) is 4.92. The smallest absolute Gasteiger partial charge is 0.269 e. The summed E-state index contributed by atoms with van der Waals surface area (Å²) in [5, 5.41) is 5.98. The van der Waals surface area contributed by atoms with Crippen LogP contribution in [0.4, 0.5) is 5.69 Å². The van der Waals surface area contributed by atoms with E-state index in [0.717, 1.165) is 31.9 Å². The van der Waals surface area contributed by atoms with Crippen molar-refractivity contribution >= 4 is 11.6 Å². The fourth-order valence-electron chi connectivity index (χ4n) is 2.35. The maximum atomic E-state index is 11.6. The number of carbonyl (C=O) groups is 1. The van der Waals surface area contributed by atoms with Crippen LogP contribution in [0.15, 0.2) is 18.3 Å². The Morgan fingerprint density at radius 1 is 1.45 bits per heavy atom. The van der Waals surface area contributed by atoms with E-state index in [0.29, 0.717) is 11.7 Å². The van der Waals surface area contributed by atoms with Crippen LogP contribution in [0.25, 0.3) is 0 Å². The van der Waals surface area contributed by atoms with Gasteiger partial charge >= 0.3 is 0 Å². The quantitative estimate of drug-likeness (QED) is 0.817. The van der Waals surface area contributed by atoms with E-state index >= 15 is 0 Å². The molecule has 0 aromatic carbocycles. The maximum Gasteiger partial charge on any atom is 0.269 e. The van der Waals surface area contributed by atoms with Crippen LogP contribution >= 0.6 is 0 Å². The van der Waals surface area contributed by atoms with Gasteiger partial charge in [-0.2, -0.15) is 0 Å². The Hall–Kier alpha value is -1.66. The Morgan fingerprint density at radius 3 is 3.00 bits per heavy atom. The van der Waals surface area contributed by atoms with Gasteiger partial charge in [0.05, 0.1) is 0 Å². The molecule has 1 unspecified atom stereocenters. The number of rotatable bonds is 4. The highest BCUT2D eigenvalue weighted by atomic mass is 16.1. The van der Waals surface area contributed by atoms with E-state index in [1.54, 1.807) is 19.3 Å². The average molecular weight is 277 g/mol. The molecule has 2 N–H and O–H groups in total. The third kappa shape index (κ3) is 3.68. The summed E-state index contributed by atoms with van der Waals surface area (Å²) in [5.41, 5.74) is 1.37. The molecule has 1 saturated heterocycles. The number of piperazine rings is 1. The van der Waals surface area contributed by atoms with Gasteiger partial charge in [-0.05, 0) is 26.2 Å². The molecule has 1 aliphatic rings. The lowest BCUT2D eigenvalue weighted by atomic mass is 10.2. The lowest BCUT2D eigenvalue weighted by Crippen LogP contribution is -2.52. The Morgan fingerprint density at radius 2 is 2.25 bits per heavy atom. The predicted molar refractivity (Wildman–Crippen MR) is 80.0 cm³/mol. The van der Waals surface area contributed by atoms with Gasteiger partial charge < -0.3 is 15.5 Å². The first-order valence-corrected chi connectivity index (χ1v) is 6.91. The maximum absolute atomic E-state index is 11.6. The fraction of sp³-hybridized carbons (Fsp3) is 0.571. The number of nitrogens with one attached hydrogen (secondary N) is 2. The fourth-order valence-corrected chi connectivity index (χ4v) is 2.35. The van der Waals surface area contributed by atoms with Crippen LogP contribution < -0.4 is 10.6 Å². The zero-order valence-electron chi connectivity index (χ0n) is 12.4. The molecule has 0 radical (unpaired) electrons. The molecular weight excluding hydrogens is 254 g/mol. The topological polar surface area (TPSA) is 60.5 Å². The first-order chi connectivity index (χ1) is 9.60. The first-order valence-electron chi connectivity index (χ1n) is 6.91. The summed E-state index contributed by atoms with van der Waals surface area (Å²) in [6.45, 7) is 4.11. The number of hydrogen-bond donors (Lipinski definition) is 2. The van der Waals surface area contributed by atoms with E-state index in [4.69, 9.17) is 0 Å². The zero-order chi connectivity index (χ0) is 14.5. The van der Waals surface area contributed by atoms with E-state index in [1.165, 1.54) is 0 Å². The Labute approximate surface area is 120 Å². The van der Waals surface area contributed by atoms with Crippen molar-refractivity contribution in [3.8, 4) is 0 Å². The van der Waals surface area contributed by atoms with Crippen LogP contribution in [-0.4, -0.2) is 74.1 Å². The van der Waals surface area contributed by atoms with Gasteiger partial charge in [0, 0.05) is 51.2 Å². The second-order valence-corrected chi connectivity index (χ2v) is 5.29. The largest absolute Gasteiger partial charge is 0.383 e. The molecule has 2 heterocycles. The first kappa shape index (κ1) is 14.7. The minimum atomic E-state index is -0.164. The van der Waals surface area contributed by atoms with Crippen molar-refractivity contribution in [1.29, 1.82) is 0 Å². The molecule has 1 aromatic heterocycles. The van der Waals surface area contributed by atoms with Crippen LogP contribution in [0, 0.1) is 0 Å². The molecule has 0 aliphatic carbocycles. The number of likely N-dealkylation sites (N-methyl/N-ethyl adjacent to an activating group) is 2. The third-order valence-corrected chi connectivity index (χ3v) is 3.74. The van der Waals surface area contributed by atoms with Crippen molar-refractivity contribution < 1.29 is 4.79 Å². The number of pyridine rings is 1. The summed E-state index contributed by atoms with van der Waals surface area (Å²) in [7, 11) is 5.91. The molecular formula is C14H23N5O. The van der Waals surface area contributed by atoms with Crippen LogP contribution in [0.5, 0.6) is 0 Å². The minimum absolute atomic E-state index is 0.164. The van der Waals surface area contributed by atoms with Gasteiger partial charge in [0.1, 0.15) is 5.69 Å². The summed E-state index contributed by atoms with van der Waals surface area (Å²) >= 11 is 0. The van der Waals surface area contributed by atoms with Gasteiger partial charge in [-0.3, -0.25) is 14.7 Å². The molecule has 6 nitrogen and oxygen atoms in total. The third-order valence-electron chi connectivity index (χ3n) is 3.74. The molecule has 2 rings (SSSR count). The lowest BCUT2D eigenvalue weighted by Gasteiger charge is -2.37. The van der Waals surface area contributed by atoms with Crippen molar-refractivity contribution in [3.63, 3.8) is 0 Å². The highest BCUT2D eigenvalue weighted by molar-refractivity contribution is 5.92. The van der Waals surface area contributed by atoms with E-state index in [2.05, 4.69) is 39.5 Å². The molecule has 1 aliphatic heterocycles. The standard InChI is InChI=1S/C14H23N5O/c1-15-14(20)13-8-11(4-5-16-13)17-9-12-10-18(2)6-7-19(12)3/h4-5,8,12H,6-7,9-10H2,1-3H3,(H,15,20)(H,16,17). The highest BCUT2D eigenvalue weighted by Gasteiger charge is 2.21. The van der Waals surface area contributed by atoms with E-state index in [9.17, 15) is 4.79 Å². The number of carbonyl (C=O) groups excluding carboxylic acids is 1. The van der Waals surface area contributed by atoms with Gasteiger partial charge in [0.15, 0.2) is 0 Å². The van der Waals surface area contributed by atoms with Gasteiger partial charge in [0.2, 0.25) is 0 Å². The predicted octanol–water partition coefficient (Wildman–Crippen LogP) is 0.0989. The summed E-state index contributed by atoms with van der Waals surface area (Å²) in [6, 6.07) is 4.15. The Balaban J connectivity index is 1.95. The highest BCUT2D eigenvalue weighted by Crippen LogP contribution is 2.11. The van der Waals surface area contributed by atoms with E-state index in [-0.39, 0.29) is 5.91 Å².